The van der Waals surface area contributed by atoms with Crippen LogP contribution in [0.2, 0.25) is 0 Å². The summed E-state index contributed by atoms with van der Waals surface area (Å²) >= 11 is 0. The summed E-state index contributed by atoms with van der Waals surface area (Å²) in [6, 6.07) is 3.97. The largest absolute Gasteiger partial charge is 0.342 e. The number of piperidine rings is 1. The number of H-pyrrole nitrogens is 1. The van der Waals surface area contributed by atoms with Gasteiger partial charge in [-0.2, -0.15) is 5.10 Å². The van der Waals surface area contributed by atoms with Gasteiger partial charge in [-0.25, -0.2) is 0 Å². The molecule has 0 radical (unpaired) electrons. The van der Waals surface area contributed by atoms with Gasteiger partial charge < -0.3 is 4.90 Å². The first-order valence-electron chi connectivity index (χ1n) is 8.48. The summed E-state index contributed by atoms with van der Waals surface area (Å²) < 4.78 is 0. The first-order valence-corrected chi connectivity index (χ1v) is 8.48. The van der Waals surface area contributed by atoms with E-state index in [1.54, 1.807) is 12.4 Å². The molecule has 128 valence electrons. The smallest absolute Gasteiger partial charge is 0.236 e. The summed E-state index contributed by atoms with van der Waals surface area (Å²) in [5.74, 6) is 0.706. The Kier molecular flexibility index (Phi) is 5.25. The van der Waals surface area contributed by atoms with Crippen LogP contribution in [0.3, 0.4) is 0 Å². The first-order chi connectivity index (χ1) is 11.6. The number of aromatic nitrogens is 3. The maximum absolute atomic E-state index is 12.5. The molecule has 3 rings (SSSR count). The monoisotopic (exact) mass is 327 g/mol. The lowest BCUT2D eigenvalue weighted by atomic mass is 9.91. The zero-order valence-corrected chi connectivity index (χ0v) is 14.4. The third kappa shape index (κ3) is 4.00. The maximum Gasteiger partial charge on any atom is 0.236 e. The molecule has 6 heteroatoms. The minimum absolute atomic E-state index is 0.214. The maximum atomic E-state index is 12.5. The van der Waals surface area contributed by atoms with Crippen LogP contribution in [0.1, 0.15) is 35.6 Å². The summed E-state index contributed by atoms with van der Waals surface area (Å²) in [4.78, 5) is 20.6. The lowest BCUT2D eigenvalue weighted by Gasteiger charge is -2.33. The molecule has 0 bridgehead atoms. The van der Waals surface area contributed by atoms with E-state index in [1.165, 1.54) is 16.8 Å². The molecule has 1 aliphatic heterocycles. The molecule has 1 fully saturated rings. The normalized spacial score (nSPS) is 15.9. The van der Waals surface area contributed by atoms with Gasteiger partial charge in [0.25, 0.3) is 0 Å². The molecule has 0 saturated carbocycles. The molecule has 2 aromatic rings. The van der Waals surface area contributed by atoms with Crippen LogP contribution < -0.4 is 0 Å². The molecular formula is C18H25N5O. The lowest BCUT2D eigenvalue weighted by molar-refractivity contribution is -0.133. The standard InChI is InChI=1S/C18H25N5O/c1-14-11-20-21-18(14)16-5-9-23(10-6-16)17(24)13-22(2)12-15-3-7-19-8-4-15/h3-4,7-8,11,16H,5-6,9-10,12-13H2,1-2H3,(H,20,21). The third-order valence-electron chi connectivity index (χ3n) is 4.73. The summed E-state index contributed by atoms with van der Waals surface area (Å²) in [6.07, 6.45) is 7.45. The van der Waals surface area contributed by atoms with Gasteiger partial charge >= 0.3 is 0 Å². The summed E-state index contributed by atoms with van der Waals surface area (Å²) in [7, 11) is 1.99. The van der Waals surface area contributed by atoms with Crippen LogP contribution in [0.15, 0.2) is 30.7 Å². The third-order valence-corrected chi connectivity index (χ3v) is 4.73. The van der Waals surface area contributed by atoms with Gasteiger partial charge in [0.2, 0.25) is 5.91 Å². The van der Waals surface area contributed by atoms with Crippen LogP contribution in [0, 0.1) is 6.92 Å². The Labute approximate surface area is 142 Å². The number of hydrogen-bond acceptors (Lipinski definition) is 4. The molecule has 1 N–H and O–H groups in total. The molecule has 0 aliphatic carbocycles. The molecule has 0 unspecified atom stereocenters. The first kappa shape index (κ1) is 16.6. The number of nitrogens with one attached hydrogen (secondary N) is 1. The highest BCUT2D eigenvalue weighted by Crippen LogP contribution is 2.28. The number of carbonyl (C=O) groups is 1. The number of aromatic amines is 1. The Balaban J connectivity index is 1.47. The highest BCUT2D eigenvalue weighted by molar-refractivity contribution is 5.78. The van der Waals surface area contributed by atoms with Crippen molar-refractivity contribution in [2.75, 3.05) is 26.7 Å². The fourth-order valence-electron chi connectivity index (χ4n) is 3.37. The van der Waals surface area contributed by atoms with Gasteiger partial charge in [-0.05, 0) is 50.1 Å². The zero-order chi connectivity index (χ0) is 16.9. The SMILES string of the molecule is Cc1cn[nH]c1C1CCN(C(=O)CN(C)Cc2ccncc2)CC1. The van der Waals surface area contributed by atoms with Crippen molar-refractivity contribution in [3.63, 3.8) is 0 Å². The number of pyridine rings is 1. The van der Waals surface area contributed by atoms with Crippen LogP contribution in [-0.2, 0) is 11.3 Å². The van der Waals surface area contributed by atoms with Crippen LogP contribution in [-0.4, -0.2) is 57.6 Å². The minimum Gasteiger partial charge on any atom is -0.342 e. The van der Waals surface area contributed by atoms with Crippen LogP contribution in [0.5, 0.6) is 0 Å². The van der Waals surface area contributed by atoms with E-state index in [0.29, 0.717) is 12.5 Å². The fourth-order valence-corrected chi connectivity index (χ4v) is 3.37. The number of likely N-dealkylation sites (N-methyl/N-ethyl adjacent to an activating group) is 1. The molecule has 0 atom stereocenters. The number of carbonyl (C=O) groups excluding carboxylic acids is 1. The second-order valence-electron chi connectivity index (χ2n) is 6.65. The number of rotatable bonds is 5. The Morgan fingerprint density at radius 1 is 1.33 bits per heavy atom. The highest BCUT2D eigenvalue weighted by atomic mass is 16.2. The van der Waals surface area contributed by atoms with Crippen molar-refractivity contribution in [3.05, 3.63) is 47.5 Å². The van der Waals surface area contributed by atoms with E-state index in [4.69, 9.17) is 0 Å². The second-order valence-corrected chi connectivity index (χ2v) is 6.65. The Bertz CT molecular complexity index is 661. The molecule has 1 aliphatic rings. The van der Waals surface area contributed by atoms with Crippen molar-refractivity contribution in [1.29, 1.82) is 0 Å². The minimum atomic E-state index is 0.214. The van der Waals surface area contributed by atoms with E-state index in [-0.39, 0.29) is 5.91 Å². The number of aryl methyl sites for hydroxylation is 1. The second kappa shape index (κ2) is 7.57. The van der Waals surface area contributed by atoms with Crippen molar-refractivity contribution >= 4 is 5.91 Å². The number of hydrogen-bond donors (Lipinski definition) is 1. The number of likely N-dealkylation sites (tertiary alicyclic amines) is 1. The molecule has 6 nitrogen and oxygen atoms in total. The predicted octanol–water partition coefficient (Wildman–Crippen LogP) is 1.95. The molecule has 1 amide bonds. The lowest BCUT2D eigenvalue weighted by Crippen LogP contribution is -2.43. The number of nitrogens with zero attached hydrogens (tertiary/aromatic N) is 4. The van der Waals surface area contributed by atoms with Gasteiger partial charge in [0.1, 0.15) is 0 Å². The van der Waals surface area contributed by atoms with Gasteiger partial charge in [0, 0.05) is 43.6 Å². The van der Waals surface area contributed by atoms with E-state index in [9.17, 15) is 4.79 Å². The van der Waals surface area contributed by atoms with Gasteiger partial charge in [-0.15, -0.1) is 0 Å². The van der Waals surface area contributed by atoms with Crippen LogP contribution in [0.4, 0.5) is 0 Å². The van der Waals surface area contributed by atoms with Crippen LogP contribution >= 0.6 is 0 Å². The summed E-state index contributed by atoms with van der Waals surface area (Å²) in [5.41, 5.74) is 3.63. The Hall–Kier alpha value is -2.21. The predicted molar refractivity (Wildman–Crippen MR) is 92.5 cm³/mol. The van der Waals surface area contributed by atoms with E-state index in [2.05, 4.69) is 27.0 Å². The van der Waals surface area contributed by atoms with Crippen molar-refractivity contribution in [3.8, 4) is 0 Å². The van der Waals surface area contributed by atoms with Gasteiger partial charge in [0.15, 0.2) is 0 Å². The Morgan fingerprint density at radius 3 is 2.67 bits per heavy atom. The van der Waals surface area contributed by atoms with E-state index < -0.39 is 0 Å². The summed E-state index contributed by atoms with van der Waals surface area (Å²) in [6.45, 7) is 4.95. The van der Waals surface area contributed by atoms with E-state index >= 15 is 0 Å². The Morgan fingerprint density at radius 2 is 2.04 bits per heavy atom. The van der Waals surface area contributed by atoms with Gasteiger partial charge in [-0.3, -0.25) is 19.8 Å². The molecule has 1 saturated heterocycles. The molecule has 3 heterocycles. The summed E-state index contributed by atoms with van der Waals surface area (Å²) in [5, 5.41) is 7.23. The topological polar surface area (TPSA) is 65.1 Å². The van der Waals surface area contributed by atoms with Crippen molar-refractivity contribution in [2.45, 2.75) is 32.2 Å². The van der Waals surface area contributed by atoms with Gasteiger partial charge in [0.05, 0.1) is 12.7 Å². The average molecular weight is 327 g/mol. The van der Waals surface area contributed by atoms with E-state index in [0.717, 1.165) is 32.5 Å². The quantitative estimate of drug-likeness (QED) is 0.911. The van der Waals surface area contributed by atoms with E-state index in [1.807, 2.05) is 30.3 Å². The molecule has 24 heavy (non-hydrogen) atoms. The zero-order valence-electron chi connectivity index (χ0n) is 14.4. The molecular weight excluding hydrogens is 302 g/mol. The number of amides is 1. The highest BCUT2D eigenvalue weighted by Gasteiger charge is 2.25. The fraction of sp³-hybridized carbons (Fsp3) is 0.500. The van der Waals surface area contributed by atoms with Crippen LogP contribution in [0.25, 0.3) is 0 Å². The van der Waals surface area contributed by atoms with Crippen molar-refractivity contribution < 1.29 is 4.79 Å². The van der Waals surface area contributed by atoms with Gasteiger partial charge in [-0.1, -0.05) is 0 Å². The van der Waals surface area contributed by atoms with Crippen molar-refractivity contribution in [1.82, 2.24) is 25.0 Å². The average Bonchev–Trinajstić information content (AvgIpc) is 3.02. The molecule has 0 spiro atoms. The molecule has 0 aromatic carbocycles. The molecule has 2 aromatic heterocycles. The van der Waals surface area contributed by atoms with Crippen molar-refractivity contribution in [2.24, 2.45) is 0 Å².